The molecule has 0 heterocycles. The second kappa shape index (κ2) is 14.3. The number of esters is 3. The molecule has 0 fully saturated rings. The minimum atomic E-state index is -0.553. The molecule has 0 bridgehead atoms. The summed E-state index contributed by atoms with van der Waals surface area (Å²) in [4.78, 5) is 34.4. The number of benzene rings is 2. The molecule has 3 unspecified atom stereocenters. The summed E-state index contributed by atoms with van der Waals surface area (Å²) in [5.74, 6) is -0.224. The molecule has 0 aliphatic heterocycles. The van der Waals surface area contributed by atoms with E-state index in [4.69, 9.17) is 28.4 Å². The fourth-order valence-corrected chi connectivity index (χ4v) is 3.14. The van der Waals surface area contributed by atoms with Crippen molar-refractivity contribution in [1.82, 2.24) is 0 Å². The topological polar surface area (TPSA) is 107 Å². The lowest BCUT2D eigenvalue weighted by molar-refractivity contribution is -0.144. The fourth-order valence-electron chi connectivity index (χ4n) is 3.14. The van der Waals surface area contributed by atoms with E-state index in [0.29, 0.717) is 28.0 Å². The van der Waals surface area contributed by atoms with Crippen molar-refractivity contribution in [3.63, 3.8) is 0 Å². The van der Waals surface area contributed by atoms with Crippen LogP contribution in [0.2, 0.25) is 0 Å². The van der Waals surface area contributed by atoms with Crippen molar-refractivity contribution < 1.29 is 42.8 Å². The molecule has 0 saturated carbocycles. The van der Waals surface area contributed by atoms with E-state index < -0.39 is 36.2 Å². The van der Waals surface area contributed by atoms with Crippen LogP contribution in [0.25, 0.3) is 10.8 Å². The smallest absolute Gasteiger partial charge is 0.330 e. The summed E-state index contributed by atoms with van der Waals surface area (Å²) in [6.07, 6.45) is 1.65. The van der Waals surface area contributed by atoms with Gasteiger partial charge in [-0.1, -0.05) is 31.9 Å². The van der Waals surface area contributed by atoms with Crippen molar-refractivity contribution in [3.05, 3.63) is 68.3 Å². The monoisotopic (exact) mass is 512 g/mol. The minimum absolute atomic E-state index is 0.0745. The molecule has 0 saturated heterocycles. The number of hydrogen-bond donors (Lipinski definition) is 0. The molecule has 9 heteroatoms. The Kier molecular flexibility index (Phi) is 11.2. The molecular weight excluding hydrogens is 480 g/mol. The van der Waals surface area contributed by atoms with Crippen molar-refractivity contribution >= 4 is 28.7 Å². The van der Waals surface area contributed by atoms with E-state index in [1.54, 1.807) is 45.0 Å². The van der Waals surface area contributed by atoms with E-state index in [2.05, 4.69) is 19.7 Å². The molecule has 37 heavy (non-hydrogen) atoms. The van der Waals surface area contributed by atoms with Gasteiger partial charge in [0.15, 0.2) is 0 Å². The van der Waals surface area contributed by atoms with E-state index in [9.17, 15) is 14.4 Å². The van der Waals surface area contributed by atoms with E-state index >= 15 is 0 Å². The maximum absolute atomic E-state index is 11.5. The van der Waals surface area contributed by atoms with Gasteiger partial charge in [0.05, 0.1) is 5.39 Å². The first-order valence-corrected chi connectivity index (χ1v) is 11.6. The summed E-state index contributed by atoms with van der Waals surface area (Å²) < 4.78 is 33.4. The van der Waals surface area contributed by atoms with Gasteiger partial charge in [0.1, 0.15) is 55.4 Å². The van der Waals surface area contributed by atoms with E-state index in [0.717, 1.165) is 18.2 Å². The quantitative estimate of drug-likeness (QED) is 0.196. The Hall–Kier alpha value is -4.27. The highest BCUT2D eigenvalue weighted by molar-refractivity contribution is 5.98. The van der Waals surface area contributed by atoms with Gasteiger partial charge in [-0.3, -0.25) is 0 Å². The molecular formula is C28H32O9. The summed E-state index contributed by atoms with van der Waals surface area (Å²) in [5, 5.41) is 1.27. The van der Waals surface area contributed by atoms with Gasteiger partial charge in [0.25, 0.3) is 0 Å². The zero-order valence-corrected chi connectivity index (χ0v) is 21.3. The van der Waals surface area contributed by atoms with Gasteiger partial charge in [-0.15, -0.1) is 0 Å². The van der Waals surface area contributed by atoms with Crippen LogP contribution in [0.5, 0.6) is 17.2 Å². The highest BCUT2D eigenvalue weighted by Gasteiger charge is 2.18. The van der Waals surface area contributed by atoms with Crippen LogP contribution < -0.4 is 14.2 Å². The summed E-state index contributed by atoms with van der Waals surface area (Å²) in [5.41, 5.74) is 0. The average Bonchev–Trinajstić information content (AvgIpc) is 2.89. The lowest BCUT2D eigenvalue weighted by Gasteiger charge is -2.20. The summed E-state index contributed by atoms with van der Waals surface area (Å²) in [6, 6.07) is 8.78. The van der Waals surface area contributed by atoms with E-state index in [1.165, 1.54) is 0 Å². The number of ether oxygens (including phenoxy) is 6. The van der Waals surface area contributed by atoms with E-state index in [1.807, 2.05) is 6.07 Å². The molecule has 2 aromatic rings. The first-order valence-electron chi connectivity index (χ1n) is 11.6. The van der Waals surface area contributed by atoms with Crippen LogP contribution in [0.1, 0.15) is 20.8 Å². The predicted molar refractivity (Wildman–Crippen MR) is 138 cm³/mol. The van der Waals surface area contributed by atoms with Gasteiger partial charge in [0.2, 0.25) is 0 Å². The zero-order chi connectivity index (χ0) is 27.4. The highest BCUT2D eigenvalue weighted by atomic mass is 16.6. The number of fused-ring (bicyclic) bond motifs is 1. The second-order valence-electron chi connectivity index (χ2n) is 8.03. The third kappa shape index (κ3) is 9.03. The van der Waals surface area contributed by atoms with Crippen molar-refractivity contribution in [3.8, 4) is 17.2 Å². The molecule has 0 radical (unpaired) electrons. The Morgan fingerprint density at radius 3 is 1.46 bits per heavy atom. The minimum Gasteiger partial charge on any atom is -0.489 e. The first kappa shape index (κ1) is 29.0. The third-order valence-corrected chi connectivity index (χ3v) is 4.80. The molecule has 2 aromatic carbocycles. The van der Waals surface area contributed by atoms with E-state index in [-0.39, 0.29) is 19.8 Å². The summed E-state index contributed by atoms with van der Waals surface area (Å²) in [6.45, 7) is 15.5. The van der Waals surface area contributed by atoms with Crippen LogP contribution in [0.4, 0.5) is 0 Å². The molecule has 0 amide bonds. The Labute approximate surface area is 216 Å². The van der Waals surface area contributed by atoms with Gasteiger partial charge >= 0.3 is 17.9 Å². The van der Waals surface area contributed by atoms with Gasteiger partial charge in [-0.05, 0) is 39.0 Å². The van der Waals surface area contributed by atoms with Crippen LogP contribution in [0.15, 0.2) is 68.3 Å². The standard InChI is InChI=1S/C28H32O9/c1-7-25(29)35-18(4)15-32-22-13-14-24(34-17-20(6)37-27(31)9-3)28-21(22)11-10-12-23(28)33-16-19(5)36-26(30)8-2/h7-14,18-20H,1-3,15-17H2,4-6H3. The molecule has 2 rings (SSSR count). The Bertz CT molecular complexity index is 1100. The average molecular weight is 513 g/mol. The van der Waals surface area contributed by atoms with Crippen LogP contribution in [0.3, 0.4) is 0 Å². The van der Waals surface area contributed by atoms with Crippen LogP contribution in [-0.4, -0.2) is 56.0 Å². The van der Waals surface area contributed by atoms with Crippen LogP contribution in [-0.2, 0) is 28.6 Å². The van der Waals surface area contributed by atoms with Crippen molar-refractivity contribution in [2.24, 2.45) is 0 Å². The SMILES string of the molecule is C=CC(=O)OC(C)COc1ccc(OCC(C)OC(=O)C=C)c2c(OCC(C)OC(=O)C=C)cccc12. The lowest BCUT2D eigenvalue weighted by atomic mass is 10.1. The van der Waals surface area contributed by atoms with Gasteiger partial charge in [0, 0.05) is 23.6 Å². The number of carbonyl (C=O) groups is 3. The first-order chi connectivity index (χ1) is 17.7. The number of rotatable bonds is 15. The van der Waals surface area contributed by atoms with Crippen molar-refractivity contribution in [1.29, 1.82) is 0 Å². The van der Waals surface area contributed by atoms with Crippen LogP contribution >= 0.6 is 0 Å². The lowest BCUT2D eigenvalue weighted by Crippen LogP contribution is -2.22. The van der Waals surface area contributed by atoms with Crippen LogP contribution in [0, 0.1) is 0 Å². The highest BCUT2D eigenvalue weighted by Crippen LogP contribution is 2.39. The second-order valence-corrected chi connectivity index (χ2v) is 8.03. The predicted octanol–water partition coefficient (Wildman–Crippen LogP) is 4.33. The molecule has 9 nitrogen and oxygen atoms in total. The molecule has 198 valence electrons. The maximum Gasteiger partial charge on any atom is 0.330 e. The number of carbonyl (C=O) groups excluding carboxylic acids is 3. The Balaban J connectivity index is 2.33. The molecule has 0 N–H and O–H groups in total. The van der Waals surface area contributed by atoms with Gasteiger partial charge in [-0.2, -0.15) is 0 Å². The normalized spacial score (nSPS) is 12.8. The zero-order valence-electron chi connectivity index (χ0n) is 21.3. The molecule has 0 aliphatic carbocycles. The Morgan fingerprint density at radius 1 is 0.649 bits per heavy atom. The van der Waals surface area contributed by atoms with Gasteiger partial charge in [-0.25, -0.2) is 14.4 Å². The molecule has 0 aliphatic rings. The van der Waals surface area contributed by atoms with Crippen molar-refractivity contribution in [2.45, 2.75) is 39.1 Å². The fraction of sp³-hybridized carbons (Fsp3) is 0.321. The molecule has 0 aromatic heterocycles. The third-order valence-electron chi connectivity index (χ3n) is 4.80. The summed E-state index contributed by atoms with van der Waals surface area (Å²) in [7, 11) is 0. The largest absolute Gasteiger partial charge is 0.489 e. The van der Waals surface area contributed by atoms with Gasteiger partial charge < -0.3 is 28.4 Å². The molecule has 0 spiro atoms. The number of hydrogen-bond acceptors (Lipinski definition) is 9. The maximum atomic E-state index is 11.5. The van der Waals surface area contributed by atoms with Crippen molar-refractivity contribution in [2.75, 3.05) is 19.8 Å². The molecule has 3 atom stereocenters. The summed E-state index contributed by atoms with van der Waals surface area (Å²) >= 11 is 0. The Morgan fingerprint density at radius 2 is 1.03 bits per heavy atom.